The molecule has 3 aromatic rings. The molecule has 0 saturated heterocycles. The molecular formula is C18H20N4OS. The van der Waals surface area contributed by atoms with Crippen molar-refractivity contribution >= 4 is 33.1 Å². The Balaban J connectivity index is 2.05. The Labute approximate surface area is 145 Å². The number of carbonyl (C=O) groups is 1. The fourth-order valence-electron chi connectivity index (χ4n) is 2.51. The van der Waals surface area contributed by atoms with Gasteiger partial charge in [-0.3, -0.25) is 9.78 Å². The molecule has 0 unspecified atom stereocenters. The van der Waals surface area contributed by atoms with Gasteiger partial charge < -0.3 is 5.32 Å². The van der Waals surface area contributed by atoms with Gasteiger partial charge in [0.2, 0.25) is 0 Å². The first-order valence-corrected chi connectivity index (χ1v) is 8.58. The highest BCUT2D eigenvalue weighted by molar-refractivity contribution is 7.20. The molecule has 124 valence electrons. The second-order valence-electron chi connectivity index (χ2n) is 6.81. The van der Waals surface area contributed by atoms with Crippen LogP contribution in [-0.2, 0) is 5.41 Å². The SMILES string of the molecule is Cc1nc(C(C)(C)C)nc2sc(C(=O)Nc3ccncc3)c(C)c12. The van der Waals surface area contributed by atoms with Crippen LogP contribution in [-0.4, -0.2) is 20.9 Å². The van der Waals surface area contributed by atoms with E-state index in [9.17, 15) is 4.79 Å². The van der Waals surface area contributed by atoms with Crippen molar-refractivity contribution in [3.63, 3.8) is 0 Å². The quantitative estimate of drug-likeness (QED) is 0.757. The van der Waals surface area contributed by atoms with Crippen molar-refractivity contribution in [1.82, 2.24) is 15.0 Å². The summed E-state index contributed by atoms with van der Waals surface area (Å²) in [6.45, 7) is 10.2. The normalized spacial score (nSPS) is 11.7. The number of carbonyl (C=O) groups excluding carboxylic acids is 1. The average molecular weight is 340 g/mol. The summed E-state index contributed by atoms with van der Waals surface area (Å²) in [5.41, 5.74) is 2.45. The molecule has 0 spiro atoms. The van der Waals surface area contributed by atoms with Gasteiger partial charge in [-0.2, -0.15) is 0 Å². The third-order valence-corrected chi connectivity index (χ3v) is 4.97. The molecule has 3 rings (SSSR count). The summed E-state index contributed by atoms with van der Waals surface area (Å²) in [4.78, 5) is 27.5. The maximum atomic E-state index is 12.6. The minimum atomic E-state index is -0.129. The van der Waals surface area contributed by atoms with E-state index < -0.39 is 0 Å². The molecule has 0 bridgehead atoms. The lowest BCUT2D eigenvalue weighted by molar-refractivity contribution is 0.103. The Kier molecular flexibility index (Phi) is 4.09. The molecule has 1 N–H and O–H groups in total. The van der Waals surface area contributed by atoms with Gasteiger partial charge in [-0.05, 0) is 31.5 Å². The first kappa shape index (κ1) is 16.5. The van der Waals surface area contributed by atoms with Crippen LogP contribution in [0, 0.1) is 13.8 Å². The maximum Gasteiger partial charge on any atom is 0.266 e. The standard InChI is InChI=1S/C18H20N4OS/c1-10-13-11(2)20-17(18(3,4)5)22-16(13)24-14(10)15(23)21-12-6-8-19-9-7-12/h6-9H,1-5H3,(H,19,21,23). The highest BCUT2D eigenvalue weighted by atomic mass is 32.1. The van der Waals surface area contributed by atoms with Gasteiger partial charge in [0.05, 0.1) is 10.6 Å². The van der Waals surface area contributed by atoms with Gasteiger partial charge in [-0.15, -0.1) is 11.3 Å². The van der Waals surface area contributed by atoms with Crippen LogP contribution < -0.4 is 5.32 Å². The number of fused-ring (bicyclic) bond motifs is 1. The fourth-order valence-corrected chi connectivity index (χ4v) is 3.64. The summed E-state index contributed by atoms with van der Waals surface area (Å²) in [5.74, 6) is 0.674. The highest BCUT2D eigenvalue weighted by Crippen LogP contribution is 2.33. The van der Waals surface area contributed by atoms with Crippen LogP contribution >= 0.6 is 11.3 Å². The molecule has 3 aromatic heterocycles. The van der Waals surface area contributed by atoms with Crippen molar-refractivity contribution in [2.45, 2.75) is 40.0 Å². The molecule has 1 amide bonds. The number of hydrogen-bond donors (Lipinski definition) is 1. The molecule has 3 heterocycles. The molecular weight excluding hydrogens is 320 g/mol. The minimum absolute atomic E-state index is 0.126. The Hall–Kier alpha value is -2.34. The van der Waals surface area contributed by atoms with Gasteiger partial charge in [0.15, 0.2) is 0 Å². The smallest absolute Gasteiger partial charge is 0.266 e. The van der Waals surface area contributed by atoms with E-state index >= 15 is 0 Å². The monoisotopic (exact) mass is 340 g/mol. The van der Waals surface area contributed by atoms with Crippen LogP contribution in [0.3, 0.4) is 0 Å². The molecule has 0 aliphatic rings. The lowest BCUT2D eigenvalue weighted by Crippen LogP contribution is -2.16. The van der Waals surface area contributed by atoms with E-state index in [4.69, 9.17) is 4.98 Å². The van der Waals surface area contributed by atoms with Gasteiger partial charge in [0, 0.05) is 28.9 Å². The maximum absolute atomic E-state index is 12.6. The van der Waals surface area contributed by atoms with Gasteiger partial charge in [0.1, 0.15) is 10.7 Å². The summed E-state index contributed by atoms with van der Waals surface area (Å²) in [6, 6.07) is 3.53. The summed E-state index contributed by atoms with van der Waals surface area (Å²) in [5, 5.41) is 3.89. The molecule has 0 aliphatic carbocycles. The topological polar surface area (TPSA) is 67.8 Å². The first-order chi connectivity index (χ1) is 11.3. The van der Waals surface area contributed by atoms with E-state index in [1.807, 2.05) is 13.8 Å². The fraction of sp³-hybridized carbons (Fsp3) is 0.333. The number of anilines is 1. The zero-order valence-electron chi connectivity index (χ0n) is 14.5. The summed E-state index contributed by atoms with van der Waals surface area (Å²) in [6.07, 6.45) is 3.30. The Morgan fingerprint density at radius 2 is 1.79 bits per heavy atom. The first-order valence-electron chi connectivity index (χ1n) is 7.77. The lowest BCUT2D eigenvalue weighted by Gasteiger charge is -2.16. The molecule has 0 fully saturated rings. The van der Waals surface area contributed by atoms with E-state index in [0.29, 0.717) is 4.88 Å². The third-order valence-electron chi connectivity index (χ3n) is 3.79. The van der Waals surface area contributed by atoms with E-state index in [1.54, 1.807) is 24.5 Å². The summed E-state index contributed by atoms with van der Waals surface area (Å²) < 4.78 is 0. The highest BCUT2D eigenvalue weighted by Gasteiger charge is 2.23. The van der Waals surface area contributed by atoms with Gasteiger partial charge in [0.25, 0.3) is 5.91 Å². The van der Waals surface area contributed by atoms with Crippen molar-refractivity contribution in [1.29, 1.82) is 0 Å². The average Bonchev–Trinajstić information content (AvgIpc) is 2.85. The van der Waals surface area contributed by atoms with Gasteiger partial charge >= 0.3 is 0 Å². The van der Waals surface area contributed by atoms with Crippen LogP contribution in [0.2, 0.25) is 0 Å². The lowest BCUT2D eigenvalue weighted by atomic mass is 9.95. The Morgan fingerprint density at radius 3 is 2.42 bits per heavy atom. The number of thiophene rings is 1. The van der Waals surface area contributed by atoms with Crippen LogP contribution in [0.4, 0.5) is 5.69 Å². The van der Waals surface area contributed by atoms with Crippen molar-refractivity contribution in [3.8, 4) is 0 Å². The molecule has 0 radical (unpaired) electrons. The van der Waals surface area contributed by atoms with Crippen LogP contribution in [0.1, 0.15) is 47.5 Å². The summed E-state index contributed by atoms with van der Waals surface area (Å²) in [7, 11) is 0. The van der Waals surface area contributed by atoms with E-state index in [0.717, 1.165) is 33.0 Å². The summed E-state index contributed by atoms with van der Waals surface area (Å²) >= 11 is 1.42. The molecule has 0 aliphatic heterocycles. The third kappa shape index (κ3) is 3.01. The molecule has 0 aromatic carbocycles. The van der Waals surface area contributed by atoms with Crippen LogP contribution in [0.15, 0.2) is 24.5 Å². The predicted molar refractivity (Wildman–Crippen MR) is 97.8 cm³/mol. The largest absolute Gasteiger partial charge is 0.321 e. The number of aromatic nitrogens is 3. The van der Waals surface area contributed by atoms with Crippen LogP contribution in [0.25, 0.3) is 10.2 Å². The van der Waals surface area contributed by atoms with Gasteiger partial charge in [-0.1, -0.05) is 20.8 Å². The predicted octanol–water partition coefficient (Wildman–Crippen LogP) is 4.25. The van der Waals surface area contributed by atoms with E-state index in [2.05, 4.69) is 36.1 Å². The number of hydrogen-bond acceptors (Lipinski definition) is 5. The Bertz CT molecular complexity index is 910. The number of pyridine rings is 1. The van der Waals surface area contributed by atoms with Crippen LogP contribution in [0.5, 0.6) is 0 Å². The molecule has 0 atom stereocenters. The molecule has 6 heteroatoms. The van der Waals surface area contributed by atoms with Crippen molar-refractivity contribution < 1.29 is 4.79 Å². The second kappa shape index (κ2) is 5.94. The van der Waals surface area contributed by atoms with Crippen molar-refractivity contribution in [3.05, 3.63) is 46.5 Å². The van der Waals surface area contributed by atoms with Crippen molar-refractivity contribution in [2.24, 2.45) is 0 Å². The molecule has 0 saturated carbocycles. The van der Waals surface area contributed by atoms with Crippen molar-refractivity contribution in [2.75, 3.05) is 5.32 Å². The molecule has 24 heavy (non-hydrogen) atoms. The zero-order valence-corrected chi connectivity index (χ0v) is 15.3. The number of amides is 1. The minimum Gasteiger partial charge on any atom is -0.321 e. The molecule has 5 nitrogen and oxygen atoms in total. The number of nitrogens with zero attached hydrogens (tertiary/aromatic N) is 3. The second-order valence-corrected chi connectivity index (χ2v) is 7.81. The number of nitrogens with one attached hydrogen (secondary N) is 1. The number of rotatable bonds is 2. The Morgan fingerprint density at radius 1 is 1.12 bits per heavy atom. The van der Waals surface area contributed by atoms with Gasteiger partial charge in [-0.25, -0.2) is 9.97 Å². The zero-order chi connectivity index (χ0) is 17.5. The van der Waals surface area contributed by atoms with E-state index in [-0.39, 0.29) is 11.3 Å². The van der Waals surface area contributed by atoms with E-state index in [1.165, 1.54) is 11.3 Å². The number of aryl methyl sites for hydroxylation is 2.